The SMILES string of the molecule is CCCN1CCOC(CN)C1c1ccc(C)s1. The van der Waals surface area contributed by atoms with Crippen LogP contribution in [-0.4, -0.2) is 37.2 Å². The summed E-state index contributed by atoms with van der Waals surface area (Å²) in [6, 6.07) is 4.77. The van der Waals surface area contributed by atoms with Gasteiger partial charge in [0.05, 0.1) is 18.8 Å². The van der Waals surface area contributed by atoms with E-state index < -0.39 is 0 Å². The summed E-state index contributed by atoms with van der Waals surface area (Å²) in [7, 11) is 0. The third-order valence-electron chi connectivity index (χ3n) is 3.25. The molecule has 0 bridgehead atoms. The fourth-order valence-electron chi connectivity index (χ4n) is 2.50. The van der Waals surface area contributed by atoms with Gasteiger partial charge >= 0.3 is 0 Å². The molecular formula is C13H22N2OS. The Bertz CT molecular complexity index is 351. The maximum absolute atomic E-state index is 5.85. The first-order chi connectivity index (χ1) is 8.26. The highest BCUT2D eigenvalue weighted by molar-refractivity contribution is 7.12. The van der Waals surface area contributed by atoms with Crippen LogP contribution in [0.25, 0.3) is 0 Å². The Morgan fingerprint density at radius 1 is 1.53 bits per heavy atom. The zero-order valence-electron chi connectivity index (χ0n) is 10.7. The molecule has 2 N–H and O–H groups in total. The lowest BCUT2D eigenvalue weighted by Crippen LogP contribution is -2.48. The van der Waals surface area contributed by atoms with Gasteiger partial charge in [-0.1, -0.05) is 6.92 Å². The van der Waals surface area contributed by atoms with Crippen LogP contribution in [0.2, 0.25) is 0 Å². The predicted octanol–water partition coefficient (Wildman–Crippen LogP) is 2.17. The molecule has 1 aromatic rings. The third-order valence-corrected chi connectivity index (χ3v) is 4.32. The summed E-state index contributed by atoms with van der Waals surface area (Å²) in [4.78, 5) is 5.27. The molecule has 0 spiro atoms. The fraction of sp³-hybridized carbons (Fsp3) is 0.692. The molecule has 1 aliphatic heterocycles. The zero-order chi connectivity index (χ0) is 12.3. The second-order valence-corrected chi connectivity index (χ2v) is 5.89. The smallest absolute Gasteiger partial charge is 0.0902 e. The number of rotatable bonds is 4. The van der Waals surface area contributed by atoms with Gasteiger partial charge in [-0.2, -0.15) is 0 Å². The van der Waals surface area contributed by atoms with Crippen molar-refractivity contribution in [1.29, 1.82) is 0 Å². The normalized spacial score (nSPS) is 26.3. The second kappa shape index (κ2) is 5.96. The Balaban J connectivity index is 2.21. The highest BCUT2D eigenvalue weighted by atomic mass is 32.1. The molecule has 3 nitrogen and oxygen atoms in total. The highest BCUT2D eigenvalue weighted by Gasteiger charge is 2.32. The van der Waals surface area contributed by atoms with E-state index in [0.29, 0.717) is 12.6 Å². The van der Waals surface area contributed by atoms with E-state index in [1.54, 1.807) is 0 Å². The molecule has 0 aliphatic carbocycles. The van der Waals surface area contributed by atoms with E-state index in [-0.39, 0.29) is 6.10 Å². The summed E-state index contributed by atoms with van der Waals surface area (Å²) >= 11 is 1.87. The number of hydrogen-bond acceptors (Lipinski definition) is 4. The van der Waals surface area contributed by atoms with Gasteiger partial charge in [0.1, 0.15) is 0 Å². The van der Waals surface area contributed by atoms with Crippen molar-refractivity contribution in [3.63, 3.8) is 0 Å². The maximum atomic E-state index is 5.85. The van der Waals surface area contributed by atoms with Crippen molar-refractivity contribution < 1.29 is 4.74 Å². The van der Waals surface area contributed by atoms with Gasteiger partial charge in [-0.05, 0) is 32.0 Å². The maximum Gasteiger partial charge on any atom is 0.0902 e. The molecule has 0 radical (unpaired) electrons. The Labute approximate surface area is 108 Å². The van der Waals surface area contributed by atoms with Gasteiger partial charge in [-0.3, -0.25) is 4.90 Å². The molecule has 96 valence electrons. The second-order valence-electron chi connectivity index (χ2n) is 4.57. The average molecular weight is 254 g/mol. The summed E-state index contributed by atoms with van der Waals surface area (Å²) in [5.41, 5.74) is 5.85. The largest absolute Gasteiger partial charge is 0.374 e. The van der Waals surface area contributed by atoms with Crippen LogP contribution in [0.5, 0.6) is 0 Å². The summed E-state index contributed by atoms with van der Waals surface area (Å²) in [6.45, 7) is 7.93. The van der Waals surface area contributed by atoms with E-state index in [2.05, 4.69) is 30.9 Å². The molecule has 0 aromatic carbocycles. The standard InChI is InChI=1S/C13H22N2OS/c1-3-6-15-7-8-16-11(9-14)13(15)12-5-4-10(2)17-12/h4-5,11,13H,3,6-9,14H2,1-2H3. The first-order valence-electron chi connectivity index (χ1n) is 6.38. The van der Waals surface area contributed by atoms with Crippen molar-refractivity contribution in [3.05, 3.63) is 21.9 Å². The zero-order valence-corrected chi connectivity index (χ0v) is 11.5. The molecule has 2 heterocycles. The monoisotopic (exact) mass is 254 g/mol. The van der Waals surface area contributed by atoms with Crippen molar-refractivity contribution in [2.45, 2.75) is 32.4 Å². The van der Waals surface area contributed by atoms with Crippen LogP contribution in [0.1, 0.15) is 29.1 Å². The van der Waals surface area contributed by atoms with Gasteiger partial charge in [0.25, 0.3) is 0 Å². The van der Waals surface area contributed by atoms with Gasteiger partial charge in [-0.15, -0.1) is 11.3 Å². The number of hydrogen-bond donors (Lipinski definition) is 1. The number of aryl methyl sites for hydroxylation is 1. The lowest BCUT2D eigenvalue weighted by molar-refractivity contribution is -0.0664. The van der Waals surface area contributed by atoms with E-state index in [1.165, 1.54) is 16.2 Å². The number of nitrogens with zero attached hydrogens (tertiary/aromatic N) is 1. The van der Waals surface area contributed by atoms with Crippen LogP contribution in [0.15, 0.2) is 12.1 Å². The number of nitrogens with two attached hydrogens (primary N) is 1. The molecule has 17 heavy (non-hydrogen) atoms. The van der Waals surface area contributed by atoms with E-state index in [1.807, 2.05) is 11.3 Å². The minimum Gasteiger partial charge on any atom is -0.374 e. The lowest BCUT2D eigenvalue weighted by atomic mass is 10.0. The Morgan fingerprint density at radius 3 is 2.94 bits per heavy atom. The molecule has 1 fully saturated rings. The van der Waals surface area contributed by atoms with Crippen LogP contribution in [0.4, 0.5) is 0 Å². The minimum absolute atomic E-state index is 0.147. The molecule has 1 aliphatic rings. The molecule has 0 saturated carbocycles. The Morgan fingerprint density at radius 2 is 2.35 bits per heavy atom. The Hall–Kier alpha value is -0.420. The van der Waals surface area contributed by atoms with E-state index in [0.717, 1.165) is 19.7 Å². The summed E-state index contributed by atoms with van der Waals surface area (Å²) in [5, 5.41) is 0. The molecule has 2 rings (SSSR count). The first-order valence-corrected chi connectivity index (χ1v) is 7.20. The quantitative estimate of drug-likeness (QED) is 0.895. The Kier molecular flexibility index (Phi) is 4.56. The lowest BCUT2D eigenvalue weighted by Gasteiger charge is -2.40. The molecular weight excluding hydrogens is 232 g/mol. The minimum atomic E-state index is 0.147. The fourth-order valence-corrected chi connectivity index (χ4v) is 3.56. The first kappa shape index (κ1) is 13.0. The van der Waals surface area contributed by atoms with Crippen LogP contribution in [0.3, 0.4) is 0 Å². The van der Waals surface area contributed by atoms with E-state index in [9.17, 15) is 0 Å². The molecule has 1 saturated heterocycles. The third kappa shape index (κ3) is 2.88. The van der Waals surface area contributed by atoms with Crippen LogP contribution in [0, 0.1) is 6.92 Å². The van der Waals surface area contributed by atoms with Gasteiger partial charge in [-0.25, -0.2) is 0 Å². The predicted molar refractivity (Wildman–Crippen MR) is 72.5 cm³/mol. The van der Waals surface area contributed by atoms with Gasteiger partial charge in [0, 0.05) is 22.8 Å². The summed E-state index contributed by atoms with van der Waals surface area (Å²) < 4.78 is 5.82. The van der Waals surface area contributed by atoms with Gasteiger partial charge in [0.2, 0.25) is 0 Å². The molecule has 2 atom stereocenters. The van der Waals surface area contributed by atoms with Crippen molar-refractivity contribution in [3.8, 4) is 0 Å². The number of thiophene rings is 1. The van der Waals surface area contributed by atoms with Crippen LogP contribution >= 0.6 is 11.3 Å². The molecule has 0 amide bonds. The van der Waals surface area contributed by atoms with Crippen molar-refractivity contribution in [1.82, 2.24) is 4.90 Å². The summed E-state index contributed by atoms with van der Waals surface area (Å²) in [5.74, 6) is 0. The number of morpholine rings is 1. The number of ether oxygens (including phenoxy) is 1. The van der Waals surface area contributed by atoms with Crippen molar-refractivity contribution in [2.24, 2.45) is 5.73 Å². The van der Waals surface area contributed by atoms with Crippen molar-refractivity contribution >= 4 is 11.3 Å². The average Bonchev–Trinajstić information content (AvgIpc) is 2.75. The van der Waals surface area contributed by atoms with Gasteiger partial charge in [0.15, 0.2) is 0 Å². The van der Waals surface area contributed by atoms with Crippen LogP contribution < -0.4 is 5.73 Å². The highest BCUT2D eigenvalue weighted by Crippen LogP contribution is 2.33. The molecule has 2 unspecified atom stereocenters. The topological polar surface area (TPSA) is 38.5 Å². The molecule has 4 heteroatoms. The van der Waals surface area contributed by atoms with Crippen molar-refractivity contribution in [2.75, 3.05) is 26.2 Å². The van der Waals surface area contributed by atoms with Crippen LogP contribution in [-0.2, 0) is 4.74 Å². The van der Waals surface area contributed by atoms with E-state index in [4.69, 9.17) is 10.5 Å². The van der Waals surface area contributed by atoms with E-state index >= 15 is 0 Å². The molecule has 1 aromatic heterocycles. The summed E-state index contributed by atoms with van der Waals surface area (Å²) in [6.07, 6.45) is 1.33. The van der Waals surface area contributed by atoms with Gasteiger partial charge < -0.3 is 10.5 Å².